The Morgan fingerprint density at radius 2 is 2.06 bits per heavy atom. The predicted octanol–water partition coefficient (Wildman–Crippen LogP) is 2.68. The topological polar surface area (TPSA) is 61.6 Å². The molecule has 0 unspecified atom stereocenters. The van der Waals surface area contributed by atoms with Gasteiger partial charge in [-0.05, 0) is 12.3 Å². The van der Waals surface area contributed by atoms with Gasteiger partial charge < -0.3 is 9.47 Å². The third-order valence-corrected chi connectivity index (χ3v) is 2.59. The summed E-state index contributed by atoms with van der Waals surface area (Å²) in [5, 5.41) is 10.6. The molecule has 0 bridgehead atoms. The average Bonchev–Trinajstić information content (AvgIpc) is 2.37. The molecule has 1 aromatic carbocycles. The molecule has 0 amide bonds. The van der Waals surface area contributed by atoms with Crippen LogP contribution in [-0.2, 0) is 0 Å². The molecule has 0 heterocycles. The van der Waals surface area contributed by atoms with E-state index in [2.05, 4.69) is 0 Å². The van der Waals surface area contributed by atoms with E-state index in [0.717, 1.165) is 5.75 Å². The Labute approximate surface area is 108 Å². The SMILES string of the molecule is CSCCOc1ccc([N+](=O)[O-])cc1OCCF. The third kappa shape index (κ3) is 4.40. The number of benzene rings is 1. The highest BCUT2D eigenvalue weighted by molar-refractivity contribution is 7.98. The van der Waals surface area contributed by atoms with Crippen LogP contribution in [0.5, 0.6) is 11.5 Å². The van der Waals surface area contributed by atoms with Gasteiger partial charge in [0.15, 0.2) is 11.5 Å². The van der Waals surface area contributed by atoms with Gasteiger partial charge in [0.05, 0.1) is 17.6 Å². The number of non-ortho nitro benzene ring substituents is 1. The van der Waals surface area contributed by atoms with Crippen LogP contribution in [0.3, 0.4) is 0 Å². The van der Waals surface area contributed by atoms with E-state index in [9.17, 15) is 14.5 Å². The van der Waals surface area contributed by atoms with Crippen molar-refractivity contribution in [2.45, 2.75) is 0 Å². The molecule has 0 saturated carbocycles. The van der Waals surface area contributed by atoms with Gasteiger partial charge in [0.1, 0.15) is 13.3 Å². The van der Waals surface area contributed by atoms with Crippen LogP contribution in [-0.4, -0.2) is 36.8 Å². The van der Waals surface area contributed by atoms with Gasteiger partial charge in [-0.3, -0.25) is 10.1 Å². The molecule has 0 aliphatic rings. The lowest BCUT2D eigenvalue weighted by Gasteiger charge is -2.11. The Balaban J connectivity index is 2.82. The van der Waals surface area contributed by atoms with Crippen molar-refractivity contribution in [2.24, 2.45) is 0 Å². The molecule has 1 rings (SSSR count). The Kier molecular flexibility index (Phi) is 6.27. The zero-order valence-electron chi connectivity index (χ0n) is 9.93. The van der Waals surface area contributed by atoms with Crippen LogP contribution in [0, 0.1) is 10.1 Å². The molecule has 0 aliphatic heterocycles. The second kappa shape index (κ2) is 7.75. The maximum Gasteiger partial charge on any atom is 0.273 e. The van der Waals surface area contributed by atoms with Gasteiger partial charge in [0, 0.05) is 11.8 Å². The number of alkyl halides is 1. The van der Waals surface area contributed by atoms with Crippen LogP contribution in [0.2, 0.25) is 0 Å². The van der Waals surface area contributed by atoms with E-state index in [4.69, 9.17) is 9.47 Å². The van der Waals surface area contributed by atoms with Gasteiger partial charge in [-0.25, -0.2) is 4.39 Å². The maximum atomic E-state index is 12.1. The maximum absolute atomic E-state index is 12.1. The van der Waals surface area contributed by atoms with Gasteiger partial charge in [0.2, 0.25) is 0 Å². The molecule has 0 aromatic heterocycles. The van der Waals surface area contributed by atoms with Crippen molar-refractivity contribution < 1.29 is 18.8 Å². The molecule has 1 aromatic rings. The lowest BCUT2D eigenvalue weighted by Crippen LogP contribution is -2.05. The first-order chi connectivity index (χ1) is 8.69. The fourth-order valence-corrected chi connectivity index (χ4v) is 1.48. The van der Waals surface area contributed by atoms with Crippen molar-refractivity contribution in [3.05, 3.63) is 28.3 Å². The summed E-state index contributed by atoms with van der Waals surface area (Å²) >= 11 is 1.62. The fourth-order valence-electron chi connectivity index (χ4n) is 1.23. The third-order valence-electron chi connectivity index (χ3n) is 2.02. The molecule has 0 N–H and O–H groups in total. The Morgan fingerprint density at radius 3 is 2.67 bits per heavy atom. The standard InChI is InChI=1S/C11H14FNO4S/c1-18-7-6-17-10-3-2-9(13(14)15)8-11(10)16-5-4-12/h2-3,8H,4-7H2,1H3. The lowest BCUT2D eigenvalue weighted by molar-refractivity contribution is -0.385. The van der Waals surface area contributed by atoms with Crippen molar-refractivity contribution in [1.29, 1.82) is 0 Å². The Bertz CT molecular complexity index is 403. The van der Waals surface area contributed by atoms with Gasteiger partial charge >= 0.3 is 0 Å². The summed E-state index contributed by atoms with van der Waals surface area (Å²) in [6, 6.07) is 4.03. The van der Waals surface area contributed by atoms with E-state index in [1.165, 1.54) is 18.2 Å². The average molecular weight is 275 g/mol. The minimum Gasteiger partial charge on any atom is -0.489 e. The zero-order chi connectivity index (χ0) is 13.4. The summed E-state index contributed by atoms with van der Waals surface area (Å²) in [7, 11) is 0. The van der Waals surface area contributed by atoms with Crippen molar-refractivity contribution in [2.75, 3.05) is 31.9 Å². The molecule has 0 spiro atoms. The smallest absolute Gasteiger partial charge is 0.273 e. The summed E-state index contributed by atoms with van der Waals surface area (Å²) in [4.78, 5) is 10.1. The van der Waals surface area contributed by atoms with E-state index in [-0.39, 0.29) is 18.0 Å². The first-order valence-corrected chi connectivity index (χ1v) is 6.67. The number of nitro benzene ring substituents is 1. The predicted molar refractivity (Wildman–Crippen MR) is 68.4 cm³/mol. The van der Waals surface area contributed by atoms with Crippen LogP contribution in [0.25, 0.3) is 0 Å². The van der Waals surface area contributed by atoms with Crippen LogP contribution in [0.1, 0.15) is 0 Å². The minimum atomic E-state index is -0.660. The second-order valence-corrected chi connectivity index (χ2v) is 4.25. The van der Waals surface area contributed by atoms with Crippen LogP contribution in [0.4, 0.5) is 10.1 Å². The van der Waals surface area contributed by atoms with E-state index in [1.807, 2.05) is 6.26 Å². The number of halogens is 1. The summed E-state index contributed by atoms with van der Waals surface area (Å²) in [5.74, 6) is 1.38. The van der Waals surface area contributed by atoms with Gasteiger partial charge in [-0.1, -0.05) is 0 Å². The van der Waals surface area contributed by atoms with Crippen molar-refractivity contribution >= 4 is 17.4 Å². The summed E-state index contributed by atoms with van der Waals surface area (Å²) in [6.45, 7) is -0.349. The van der Waals surface area contributed by atoms with Crippen LogP contribution >= 0.6 is 11.8 Å². The highest BCUT2D eigenvalue weighted by Crippen LogP contribution is 2.31. The molecule has 0 radical (unpaired) electrons. The Morgan fingerprint density at radius 1 is 1.33 bits per heavy atom. The molecule has 0 atom stereocenters. The van der Waals surface area contributed by atoms with E-state index in [1.54, 1.807) is 11.8 Å². The van der Waals surface area contributed by atoms with Gasteiger partial charge in [0.25, 0.3) is 5.69 Å². The molecule has 0 aliphatic carbocycles. The van der Waals surface area contributed by atoms with E-state index in [0.29, 0.717) is 12.4 Å². The molecule has 5 nitrogen and oxygen atoms in total. The molecule has 18 heavy (non-hydrogen) atoms. The molecule has 0 saturated heterocycles. The second-order valence-electron chi connectivity index (χ2n) is 3.27. The van der Waals surface area contributed by atoms with Gasteiger partial charge in [-0.2, -0.15) is 11.8 Å². The fraction of sp³-hybridized carbons (Fsp3) is 0.455. The number of thioether (sulfide) groups is 1. The monoisotopic (exact) mass is 275 g/mol. The van der Waals surface area contributed by atoms with E-state index < -0.39 is 11.6 Å². The summed E-state index contributed by atoms with van der Waals surface area (Å²) in [6.07, 6.45) is 1.94. The minimum absolute atomic E-state index is 0.110. The molecule has 0 fully saturated rings. The highest BCUT2D eigenvalue weighted by Gasteiger charge is 2.13. The largest absolute Gasteiger partial charge is 0.489 e. The van der Waals surface area contributed by atoms with Crippen molar-refractivity contribution in [3.63, 3.8) is 0 Å². The molecule has 100 valence electrons. The van der Waals surface area contributed by atoms with Crippen LogP contribution in [0.15, 0.2) is 18.2 Å². The number of ether oxygens (including phenoxy) is 2. The molecular formula is C11H14FNO4S. The van der Waals surface area contributed by atoms with Crippen molar-refractivity contribution in [3.8, 4) is 11.5 Å². The first kappa shape index (κ1) is 14.6. The molecule has 7 heteroatoms. The normalized spacial score (nSPS) is 10.1. The number of hydrogen-bond donors (Lipinski definition) is 0. The summed E-state index contributed by atoms with van der Waals surface area (Å²) < 4.78 is 22.6. The first-order valence-electron chi connectivity index (χ1n) is 5.28. The molecular weight excluding hydrogens is 261 g/mol. The zero-order valence-corrected chi connectivity index (χ0v) is 10.7. The number of rotatable bonds is 8. The Hall–Kier alpha value is -1.50. The van der Waals surface area contributed by atoms with E-state index >= 15 is 0 Å². The summed E-state index contributed by atoms with van der Waals surface area (Å²) in [5.41, 5.74) is -0.110. The van der Waals surface area contributed by atoms with Crippen molar-refractivity contribution in [1.82, 2.24) is 0 Å². The number of nitrogens with zero attached hydrogens (tertiary/aromatic N) is 1. The lowest BCUT2D eigenvalue weighted by atomic mass is 10.3. The quantitative estimate of drug-likeness (QED) is 0.414. The van der Waals surface area contributed by atoms with Crippen LogP contribution < -0.4 is 9.47 Å². The van der Waals surface area contributed by atoms with Gasteiger partial charge in [-0.15, -0.1) is 0 Å². The highest BCUT2D eigenvalue weighted by atomic mass is 32.2. The number of nitro groups is 1. The number of hydrogen-bond acceptors (Lipinski definition) is 5.